The summed E-state index contributed by atoms with van der Waals surface area (Å²) in [6, 6.07) is 2.92. The third kappa shape index (κ3) is 2.64. The second kappa shape index (κ2) is 4.85. The molecule has 4 nitrogen and oxygen atoms in total. The molecule has 6 heteroatoms. The van der Waals surface area contributed by atoms with Crippen LogP contribution in [-0.2, 0) is 16.3 Å². The smallest absolute Gasteiger partial charge is 0.183 e. The lowest BCUT2D eigenvalue weighted by atomic mass is 10.0. The van der Waals surface area contributed by atoms with Gasteiger partial charge in [-0.2, -0.15) is 0 Å². The molecule has 0 radical (unpaired) electrons. The predicted octanol–water partition coefficient (Wildman–Crippen LogP) is 1.23. The van der Waals surface area contributed by atoms with Gasteiger partial charge in [-0.15, -0.1) is 0 Å². The van der Waals surface area contributed by atoms with Gasteiger partial charge in [0.1, 0.15) is 4.90 Å². The Hall–Kier alpha value is -1.14. The van der Waals surface area contributed by atoms with Gasteiger partial charge >= 0.3 is 0 Å². The van der Waals surface area contributed by atoms with Crippen molar-refractivity contribution in [3.05, 3.63) is 23.5 Å². The van der Waals surface area contributed by atoms with Crippen LogP contribution in [0.4, 0.5) is 4.39 Å². The summed E-state index contributed by atoms with van der Waals surface area (Å²) in [7, 11) is -3.65. The van der Waals surface area contributed by atoms with E-state index in [0.717, 1.165) is 25.6 Å². The van der Waals surface area contributed by atoms with Gasteiger partial charge in [0, 0.05) is 12.3 Å². The molecule has 0 bridgehead atoms. The summed E-state index contributed by atoms with van der Waals surface area (Å²) in [5.74, 6) is -1.60. The van der Waals surface area contributed by atoms with Crippen molar-refractivity contribution >= 4 is 9.84 Å². The average Bonchev–Trinajstić information content (AvgIpc) is 2.76. The number of halogens is 1. The van der Waals surface area contributed by atoms with Gasteiger partial charge in [-0.05, 0) is 37.4 Å². The lowest BCUT2D eigenvalue weighted by Gasteiger charge is -2.13. The highest BCUT2D eigenvalue weighted by molar-refractivity contribution is 7.90. The van der Waals surface area contributed by atoms with Crippen LogP contribution in [0, 0.1) is 5.82 Å². The summed E-state index contributed by atoms with van der Waals surface area (Å²) in [5, 5.41) is 13.0. The molecule has 0 saturated carbocycles. The van der Waals surface area contributed by atoms with Crippen LogP contribution in [0.25, 0.3) is 0 Å². The van der Waals surface area contributed by atoms with Crippen molar-refractivity contribution in [1.82, 2.24) is 5.32 Å². The molecular formula is C12H16FNO3S. The van der Waals surface area contributed by atoms with E-state index in [1.54, 1.807) is 0 Å². The molecule has 1 aromatic carbocycles. The maximum atomic E-state index is 13.8. The summed E-state index contributed by atoms with van der Waals surface area (Å²) < 4.78 is 36.4. The molecule has 1 atom stereocenters. The van der Waals surface area contributed by atoms with Gasteiger partial charge in [-0.25, -0.2) is 12.8 Å². The monoisotopic (exact) mass is 273 g/mol. The van der Waals surface area contributed by atoms with Gasteiger partial charge in [0.2, 0.25) is 0 Å². The number of phenolic OH excluding ortho intramolecular Hbond substituents is 1. The van der Waals surface area contributed by atoms with Crippen LogP contribution in [0.2, 0.25) is 0 Å². The molecule has 100 valence electrons. The number of hydrogen-bond donors (Lipinski definition) is 2. The van der Waals surface area contributed by atoms with Gasteiger partial charge in [-0.3, -0.25) is 0 Å². The third-order valence-electron chi connectivity index (χ3n) is 3.19. The van der Waals surface area contributed by atoms with E-state index in [2.05, 4.69) is 5.32 Å². The van der Waals surface area contributed by atoms with Gasteiger partial charge in [0.05, 0.1) is 0 Å². The number of benzene rings is 1. The Morgan fingerprint density at radius 1 is 1.50 bits per heavy atom. The highest BCUT2D eigenvalue weighted by Gasteiger charge is 2.22. The van der Waals surface area contributed by atoms with E-state index in [1.807, 2.05) is 0 Å². The maximum absolute atomic E-state index is 13.8. The second-order valence-corrected chi connectivity index (χ2v) is 6.64. The molecule has 0 spiro atoms. The van der Waals surface area contributed by atoms with Crippen molar-refractivity contribution in [2.75, 3.05) is 12.8 Å². The molecule has 18 heavy (non-hydrogen) atoms. The molecule has 1 aromatic rings. The zero-order valence-electron chi connectivity index (χ0n) is 10.1. The van der Waals surface area contributed by atoms with Crippen molar-refractivity contribution in [2.24, 2.45) is 0 Å². The summed E-state index contributed by atoms with van der Waals surface area (Å²) in [6.07, 6.45) is 3.47. The summed E-state index contributed by atoms with van der Waals surface area (Å²) in [6.45, 7) is 0.926. The number of phenols is 1. The van der Waals surface area contributed by atoms with E-state index < -0.39 is 26.3 Å². The van der Waals surface area contributed by atoms with Gasteiger partial charge in [0.15, 0.2) is 21.4 Å². The fourth-order valence-electron chi connectivity index (χ4n) is 2.23. The summed E-state index contributed by atoms with van der Waals surface area (Å²) in [5.41, 5.74) is 0.444. The average molecular weight is 273 g/mol. The standard InChI is InChI=1S/C12H16FNO3S/c1-18(16,17)10-5-4-8(12(15)11(10)13)7-9-3-2-6-14-9/h4-5,9,14-15H,2-3,6-7H2,1H3. The van der Waals surface area contributed by atoms with Crippen molar-refractivity contribution in [3.8, 4) is 5.75 Å². The zero-order valence-corrected chi connectivity index (χ0v) is 10.9. The second-order valence-electron chi connectivity index (χ2n) is 4.65. The third-order valence-corrected chi connectivity index (χ3v) is 4.31. The highest BCUT2D eigenvalue weighted by Crippen LogP contribution is 2.29. The Morgan fingerprint density at radius 3 is 2.78 bits per heavy atom. The van der Waals surface area contributed by atoms with Gasteiger partial charge in [-0.1, -0.05) is 6.07 Å². The largest absolute Gasteiger partial charge is 0.505 e. The van der Waals surface area contributed by atoms with E-state index >= 15 is 0 Å². The number of hydrogen-bond acceptors (Lipinski definition) is 4. The minimum Gasteiger partial charge on any atom is -0.505 e. The molecule has 0 amide bonds. The quantitative estimate of drug-likeness (QED) is 0.869. The molecule has 1 fully saturated rings. The Bertz CT molecular complexity index is 551. The molecule has 1 aliphatic heterocycles. The lowest BCUT2D eigenvalue weighted by molar-refractivity contribution is 0.413. The predicted molar refractivity (Wildman–Crippen MR) is 65.9 cm³/mol. The van der Waals surface area contributed by atoms with E-state index in [0.29, 0.717) is 12.0 Å². The van der Waals surface area contributed by atoms with E-state index in [-0.39, 0.29) is 6.04 Å². The Labute approximate surface area is 106 Å². The van der Waals surface area contributed by atoms with Crippen LogP contribution in [0.1, 0.15) is 18.4 Å². The molecular weight excluding hydrogens is 257 g/mol. The summed E-state index contributed by atoms with van der Waals surface area (Å²) in [4.78, 5) is -0.455. The topological polar surface area (TPSA) is 66.4 Å². The van der Waals surface area contributed by atoms with E-state index in [1.165, 1.54) is 12.1 Å². The van der Waals surface area contributed by atoms with Crippen molar-refractivity contribution in [3.63, 3.8) is 0 Å². The Kier molecular flexibility index (Phi) is 3.59. The molecule has 1 heterocycles. The number of nitrogens with one attached hydrogen (secondary N) is 1. The van der Waals surface area contributed by atoms with Crippen molar-refractivity contribution in [2.45, 2.75) is 30.2 Å². The van der Waals surface area contributed by atoms with Crippen LogP contribution in [0.3, 0.4) is 0 Å². The fraction of sp³-hybridized carbons (Fsp3) is 0.500. The molecule has 2 N–H and O–H groups in total. The normalized spacial score (nSPS) is 20.2. The molecule has 0 aromatic heterocycles. The first kappa shape index (κ1) is 13.3. The van der Waals surface area contributed by atoms with Crippen molar-refractivity contribution in [1.29, 1.82) is 0 Å². The van der Waals surface area contributed by atoms with Crippen LogP contribution in [0.5, 0.6) is 5.75 Å². The van der Waals surface area contributed by atoms with Crippen LogP contribution in [-0.4, -0.2) is 32.4 Å². The Morgan fingerprint density at radius 2 is 2.22 bits per heavy atom. The molecule has 1 unspecified atom stereocenters. The highest BCUT2D eigenvalue weighted by atomic mass is 32.2. The van der Waals surface area contributed by atoms with Crippen LogP contribution < -0.4 is 5.32 Å². The van der Waals surface area contributed by atoms with Gasteiger partial charge < -0.3 is 10.4 Å². The SMILES string of the molecule is CS(=O)(=O)c1ccc(CC2CCCN2)c(O)c1F. The maximum Gasteiger partial charge on any atom is 0.183 e. The zero-order chi connectivity index (χ0) is 13.3. The molecule has 2 rings (SSSR count). The number of rotatable bonds is 3. The van der Waals surface area contributed by atoms with Gasteiger partial charge in [0.25, 0.3) is 0 Å². The minimum absolute atomic E-state index is 0.222. The molecule has 0 aliphatic carbocycles. The minimum atomic E-state index is -3.65. The number of sulfone groups is 1. The molecule has 1 saturated heterocycles. The lowest BCUT2D eigenvalue weighted by Crippen LogP contribution is -2.23. The first-order chi connectivity index (χ1) is 8.39. The molecule has 1 aliphatic rings. The van der Waals surface area contributed by atoms with Crippen molar-refractivity contribution < 1.29 is 17.9 Å². The number of aromatic hydroxyl groups is 1. The Balaban J connectivity index is 2.31. The fourth-order valence-corrected chi connectivity index (χ4v) is 2.97. The van der Waals surface area contributed by atoms with E-state index in [9.17, 15) is 17.9 Å². The van der Waals surface area contributed by atoms with E-state index in [4.69, 9.17) is 0 Å². The summed E-state index contributed by atoms with van der Waals surface area (Å²) >= 11 is 0. The van der Waals surface area contributed by atoms with Crippen LogP contribution in [0.15, 0.2) is 17.0 Å². The first-order valence-corrected chi connectivity index (χ1v) is 7.72. The van der Waals surface area contributed by atoms with Crippen LogP contribution >= 0.6 is 0 Å². The first-order valence-electron chi connectivity index (χ1n) is 5.83.